The zero-order valence-corrected chi connectivity index (χ0v) is 11.1. The van der Waals surface area contributed by atoms with E-state index in [9.17, 15) is 9.59 Å². The number of benzene rings is 1. The van der Waals surface area contributed by atoms with Gasteiger partial charge in [0.15, 0.2) is 0 Å². The first-order valence-corrected chi connectivity index (χ1v) is 6.58. The Kier molecular flexibility index (Phi) is 4.39. The first-order valence-electron chi connectivity index (χ1n) is 6.58. The second kappa shape index (κ2) is 6.22. The van der Waals surface area contributed by atoms with E-state index in [0.29, 0.717) is 5.69 Å². The Balaban J connectivity index is 1.83. The molecule has 1 fully saturated rings. The van der Waals surface area contributed by atoms with Gasteiger partial charge in [-0.05, 0) is 31.9 Å². The van der Waals surface area contributed by atoms with Crippen molar-refractivity contribution in [2.45, 2.75) is 25.8 Å². The van der Waals surface area contributed by atoms with E-state index in [-0.39, 0.29) is 11.9 Å². The molecule has 1 aromatic rings. The third kappa shape index (κ3) is 3.71. The largest absolute Gasteiger partial charge is 0.341 e. The minimum atomic E-state index is -0.498. The lowest BCUT2D eigenvalue weighted by atomic mass is 10.3. The third-order valence-electron chi connectivity index (χ3n) is 3.17. The van der Waals surface area contributed by atoms with Gasteiger partial charge in [0.05, 0.1) is 0 Å². The quantitative estimate of drug-likeness (QED) is 0.871. The summed E-state index contributed by atoms with van der Waals surface area (Å²) in [5.74, 6) is -0.0132. The second-order valence-corrected chi connectivity index (χ2v) is 4.72. The number of carbonyl (C=O) groups is 2. The maximum Gasteiger partial charge on any atom is 0.319 e. The van der Waals surface area contributed by atoms with E-state index in [0.717, 1.165) is 25.9 Å². The van der Waals surface area contributed by atoms with Crippen molar-refractivity contribution < 1.29 is 9.59 Å². The first-order chi connectivity index (χ1) is 9.16. The topological polar surface area (TPSA) is 61.4 Å². The summed E-state index contributed by atoms with van der Waals surface area (Å²) in [6.07, 6.45) is 2.10. The van der Waals surface area contributed by atoms with Gasteiger partial charge in [-0.15, -0.1) is 0 Å². The highest BCUT2D eigenvalue weighted by molar-refractivity contribution is 5.93. The van der Waals surface area contributed by atoms with E-state index >= 15 is 0 Å². The molecule has 0 bridgehead atoms. The van der Waals surface area contributed by atoms with Crippen LogP contribution in [0.4, 0.5) is 10.5 Å². The molecule has 5 nitrogen and oxygen atoms in total. The van der Waals surface area contributed by atoms with E-state index in [1.165, 1.54) is 0 Å². The Labute approximate surface area is 113 Å². The van der Waals surface area contributed by atoms with Crippen LogP contribution in [-0.4, -0.2) is 36.0 Å². The third-order valence-corrected chi connectivity index (χ3v) is 3.17. The van der Waals surface area contributed by atoms with Crippen molar-refractivity contribution in [3.05, 3.63) is 30.3 Å². The number of para-hydroxylation sites is 1. The van der Waals surface area contributed by atoms with E-state index in [1.54, 1.807) is 24.0 Å². The fourth-order valence-corrected chi connectivity index (χ4v) is 2.16. The summed E-state index contributed by atoms with van der Waals surface area (Å²) in [4.78, 5) is 25.6. The van der Waals surface area contributed by atoms with Gasteiger partial charge >= 0.3 is 6.03 Å². The second-order valence-electron chi connectivity index (χ2n) is 4.72. The van der Waals surface area contributed by atoms with Gasteiger partial charge in [0.25, 0.3) is 0 Å². The number of hydrogen-bond donors (Lipinski definition) is 2. The van der Waals surface area contributed by atoms with Gasteiger partial charge in [0.1, 0.15) is 6.04 Å². The molecule has 5 heteroatoms. The Morgan fingerprint density at radius 1 is 1.16 bits per heavy atom. The van der Waals surface area contributed by atoms with Gasteiger partial charge in [-0.2, -0.15) is 0 Å². The number of nitrogens with one attached hydrogen (secondary N) is 2. The van der Waals surface area contributed by atoms with Gasteiger partial charge in [0.2, 0.25) is 5.91 Å². The molecule has 0 saturated carbocycles. The van der Waals surface area contributed by atoms with E-state index < -0.39 is 6.04 Å². The van der Waals surface area contributed by atoms with Crippen molar-refractivity contribution in [2.24, 2.45) is 0 Å². The van der Waals surface area contributed by atoms with Crippen molar-refractivity contribution in [3.63, 3.8) is 0 Å². The molecule has 1 aliphatic heterocycles. The number of rotatable bonds is 3. The minimum absolute atomic E-state index is 0.0132. The summed E-state index contributed by atoms with van der Waals surface area (Å²) in [7, 11) is 0. The number of carbonyl (C=O) groups excluding carboxylic acids is 2. The SMILES string of the molecule is CC(NC(=O)Nc1ccccc1)C(=O)N1CCCC1. The van der Waals surface area contributed by atoms with Crippen molar-refractivity contribution in [2.75, 3.05) is 18.4 Å². The van der Waals surface area contributed by atoms with E-state index in [1.807, 2.05) is 18.2 Å². The number of urea groups is 1. The monoisotopic (exact) mass is 261 g/mol. The summed E-state index contributed by atoms with van der Waals surface area (Å²) in [5, 5.41) is 5.36. The van der Waals surface area contributed by atoms with Crippen LogP contribution in [0, 0.1) is 0 Å². The van der Waals surface area contributed by atoms with Crippen molar-refractivity contribution >= 4 is 17.6 Å². The summed E-state index contributed by atoms with van der Waals surface area (Å²) in [5.41, 5.74) is 0.709. The molecule has 1 atom stereocenters. The number of anilines is 1. The first kappa shape index (κ1) is 13.4. The highest BCUT2D eigenvalue weighted by Gasteiger charge is 2.24. The van der Waals surface area contributed by atoms with Gasteiger partial charge < -0.3 is 15.5 Å². The molecule has 1 aromatic carbocycles. The molecule has 0 radical (unpaired) electrons. The number of nitrogens with zero attached hydrogens (tertiary/aromatic N) is 1. The molecule has 0 aliphatic carbocycles. The maximum absolute atomic E-state index is 12.0. The molecular weight excluding hydrogens is 242 g/mol. The Morgan fingerprint density at radius 2 is 1.79 bits per heavy atom. The molecular formula is C14H19N3O2. The normalized spacial score (nSPS) is 15.9. The standard InChI is InChI=1S/C14H19N3O2/c1-11(13(18)17-9-5-6-10-17)15-14(19)16-12-7-3-2-4-8-12/h2-4,7-8,11H,5-6,9-10H2,1H3,(H2,15,16,19). The predicted molar refractivity (Wildman–Crippen MR) is 73.9 cm³/mol. The summed E-state index contributed by atoms with van der Waals surface area (Å²) < 4.78 is 0. The molecule has 102 valence electrons. The number of likely N-dealkylation sites (tertiary alicyclic amines) is 1. The Hall–Kier alpha value is -2.04. The van der Waals surface area contributed by atoms with Crippen molar-refractivity contribution in [1.29, 1.82) is 0 Å². The van der Waals surface area contributed by atoms with Crippen molar-refractivity contribution in [3.8, 4) is 0 Å². The fourth-order valence-electron chi connectivity index (χ4n) is 2.16. The molecule has 1 unspecified atom stereocenters. The molecule has 19 heavy (non-hydrogen) atoms. The predicted octanol–water partition coefficient (Wildman–Crippen LogP) is 1.82. The van der Waals surface area contributed by atoms with Crippen LogP contribution in [0.25, 0.3) is 0 Å². The molecule has 3 amide bonds. The van der Waals surface area contributed by atoms with Crippen LogP contribution < -0.4 is 10.6 Å². The van der Waals surface area contributed by atoms with Gasteiger partial charge in [0, 0.05) is 18.8 Å². The molecule has 0 aromatic heterocycles. The molecule has 1 heterocycles. The van der Waals surface area contributed by atoms with Crippen LogP contribution in [-0.2, 0) is 4.79 Å². The fraction of sp³-hybridized carbons (Fsp3) is 0.429. The Morgan fingerprint density at radius 3 is 2.42 bits per heavy atom. The maximum atomic E-state index is 12.0. The van der Waals surface area contributed by atoms with Crippen molar-refractivity contribution in [1.82, 2.24) is 10.2 Å². The van der Waals surface area contributed by atoms with Crippen LogP contribution in [0.3, 0.4) is 0 Å². The molecule has 2 N–H and O–H groups in total. The summed E-state index contributed by atoms with van der Waals surface area (Å²) in [6.45, 7) is 3.31. The number of hydrogen-bond acceptors (Lipinski definition) is 2. The molecule has 1 aliphatic rings. The number of amides is 3. The van der Waals surface area contributed by atoms with Crippen LogP contribution in [0.15, 0.2) is 30.3 Å². The van der Waals surface area contributed by atoms with Gasteiger partial charge in [-0.25, -0.2) is 4.79 Å². The lowest BCUT2D eigenvalue weighted by Crippen LogP contribution is -2.47. The summed E-state index contributed by atoms with van der Waals surface area (Å²) >= 11 is 0. The zero-order chi connectivity index (χ0) is 13.7. The lowest BCUT2D eigenvalue weighted by Gasteiger charge is -2.21. The zero-order valence-electron chi connectivity index (χ0n) is 11.1. The smallest absolute Gasteiger partial charge is 0.319 e. The molecule has 2 rings (SSSR count). The average Bonchev–Trinajstić information content (AvgIpc) is 2.92. The van der Waals surface area contributed by atoms with Gasteiger partial charge in [-0.3, -0.25) is 4.79 Å². The van der Waals surface area contributed by atoms with Gasteiger partial charge in [-0.1, -0.05) is 18.2 Å². The minimum Gasteiger partial charge on any atom is -0.341 e. The van der Waals surface area contributed by atoms with E-state index in [2.05, 4.69) is 10.6 Å². The average molecular weight is 261 g/mol. The van der Waals surface area contributed by atoms with Crippen LogP contribution in [0.2, 0.25) is 0 Å². The highest BCUT2D eigenvalue weighted by Crippen LogP contribution is 2.09. The molecule has 0 spiro atoms. The Bertz CT molecular complexity index is 441. The van der Waals surface area contributed by atoms with Crippen LogP contribution in [0.1, 0.15) is 19.8 Å². The summed E-state index contributed by atoms with van der Waals surface area (Å²) in [6, 6.07) is 8.30. The van der Waals surface area contributed by atoms with Crippen LogP contribution >= 0.6 is 0 Å². The van der Waals surface area contributed by atoms with Crippen LogP contribution in [0.5, 0.6) is 0 Å². The highest BCUT2D eigenvalue weighted by atomic mass is 16.2. The lowest BCUT2D eigenvalue weighted by molar-refractivity contribution is -0.131. The van der Waals surface area contributed by atoms with E-state index in [4.69, 9.17) is 0 Å². The molecule has 1 saturated heterocycles.